The Balaban J connectivity index is 2.00. The Hall–Kier alpha value is -2.93. The number of carbonyl (C=O) groups excluding carboxylic acids is 1. The maximum atomic E-state index is 12.8. The predicted octanol–water partition coefficient (Wildman–Crippen LogP) is 3.45. The van der Waals surface area contributed by atoms with Crippen molar-refractivity contribution in [1.29, 1.82) is 0 Å². The van der Waals surface area contributed by atoms with Gasteiger partial charge in [0.05, 0.1) is 0 Å². The zero-order valence-electron chi connectivity index (χ0n) is 15.3. The summed E-state index contributed by atoms with van der Waals surface area (Å²) in [7, 11) is 3.52. The van der Waals surface area contributed by atoms with Gasteiger partial charge in [0.2, 0.25) is 5.91 Å². The van der Waals surface area contributed by atoms with Gasteiger partial charge in [0.25, 0.3) is 0 Å². The highest BCUT2D eigenvalue weighted by Gasteiger charge is 2.26. The van der Waals surface area contributed by atoms with Gasteiger partial charge in [0, 0.05) is 38.6 Å². The van der Waals surface area contributed by atoms with E-state index in [2.05, 4.69) is 21.8 Å². The van der Waals surface area contributed by atoms with Crippen LogP contribution in [0.1, 0.15) is 10.8 Å². The zero-order chi connectivity index (χ0) is 19.2. The second-order valence-corrected chi connectivity index (χ2v) is 7.15. The molecule has 6 nitrogen and oxygen atoms in total. The van der Waals surface area contributed by atoms with Gasteiger partial charge in [-0.15, -0.1) is 16.8 Å². The van der Waals surface area contributed by atoms with E-state index in [0.29, 0.717) is 11.7 Å². The van der Waals surface area contributed by atoms with E-state index in [1.54, 1.807) is 37.5 Å². The summed E-state index contributed by atoms with van der Waals surface area (Å²) < 4.78 is 1.96. The lowest BCUT2D eigenvalue weighted by Gasteiger charge is -2.20. The minimum Gasteiger partial charge on any atom is -0.348 e. The van der Waals surface area contributed by atoms with E-state index < -0.39 is 5.25 Å². The molecule has 7 heteroatoms. The topological polar surface area (TPSA) is 63.9 Å². The fourth-order valence-electron chi connectivity index (χ4n) is 2.61. The number of pyridine rings is 1. The van der Waals surface area contributed by atoms with Crippen molar-refractivity contribution in [1.82, 2.24) is 24.6 Å². The maximum absolute atomic E-state index is 12.8. The van der Waals surface area contributed by atoms with E-state index in [1.165, 1.54) is 11.8 Å². The number of amides is 1. The van der Waals surface area contributed by atoms with Crippen molar-refractivity contribution in [3.8, 4) is 11.4 Å². The fraction of sp³-hybridized carbons (Fsp3) is 0.200. The second kappa shape index (κ2) is 8.64. The summed E-state index contributed by atoms with van der Waals surface area (Å²) in [6.07, 6.45) is 5.23. The Kier molecular flexibility index (Phi) is 6.03. The van der Waals surface area contributed by atoms with Gasteiger partial charge in [-0.3, -0.25) is 14.3 Å². The first-order valence-electron chi connectivity index (χ1n) is 8.49. The van der Waals surface area contributed by atoms with Crippen LogP contribution in [0.2, 0.25) is 0 Å². The summed E-state index contributed by atoms with van der Waals surface area (Å²) in [4.78, 5) is 18.5. The monoisotopic (exact) mass is 379 g/mol. The van der Waals surface area contributed by atoms with Gasteiger partial charge < -0.3 is 4.90 Å². The molecular weight excluding hydrogens is 358 g/mol. The zero-order valence-corrected chi connectivity index (χ0v) is 16.1. The third-order valence-electron chi connectivity index (χ3n) is 3.96. The minimum absolute atomic E-state index is 0.00446. The predicted molar refractivity (Wildman–Crippen MR) is 107 cm³/mol. The van der Waals surface area contributed by atoms with Crippen LogP contribution in [-0.4, -0.2) is 44.7 Å². The summed E-state index contributed by atoms with van der Waals surface area (Å²) in [6, 6.07) is 13.5. The van der Waals surface area contributed by atoms with Crippen molar-refractivity contribution in [3.63, 3.8) is 0 Å². The maximum Gasteiger partial charge on any atom is 0.240 e. The molecule has 0 bridgehead atoms. The highest BCUT2D eigenvalue weighted by atomic mass is 32.2. The SMILES string of the molecule is C=CCn1c(SC(C(=O)N(C)C)c2ccccc2)nnc1-c1ccncc1. The Morgan fingerprint density at radius 1 is 1.19 bits per heavy atom. The molecule has 0 fully saturated rings. The van der Waals surface area contributed by atoms with Crippen LogP contribution in [-0.2, 0) is 11.3 Å². The van der Waals surface area contributed by atoms with E-state index in [0.717, 1.165) is 17.0 Å². The molecule has 2 heterocycles. The lowest BCUT2D eigenvalue weighted by Crippen LogP contribution is -2.27. The molecule has 0 radical (unpaired) electrons. The molecule has 1 unspecified atom stereocenters. The van der Waals surface area contributed by atoms with E-state index in [4.69, 9.17) is 0 Å². The van der Waals surface area contributed by atoms with E-state index in [-0.39, 0.29) is 5.91 Å². The molecule has 1 aromatic carbocycles. The first-order valence-corrected chi connectivity index (χ1v) is 9.37. The molecule has 1 atom stereocenters. The molecule has 3 rings (SSSR count). The standard InChI is InChI=1S/C20H21N5OS/c1-4-14-25-18(16-10-12-21-13-11-16)22-23-20(25)27-17(19(26)24(2)3)15-8-6-5-7-9-15/h4-13,17H,1,14H2,2-3H3. The number of hydrogen-bond acceptors (Lipinski definition) is 5. The molecule has 1 amide bonds. The van der Waals surface area contributed by atoms with Crippen molar-refractivity contribution in [2.45, 2.75) is 17.0 Å². The largest absolute Gasteiger partial charge is 0.348 e. The number of likely N-dealkylation sites (N-methyl/N-ethyl adjacent to an activating group) is 1. The average molecular weight is 379 g/mol. The Labute approximate surface area is 163 Å². The average Bonchev–Trinajstić information content (AvgIpc) is 3.09. The van der Waals surface area contributed by atoms with E-state index >= 15 is 0 Å². The van der Waals surface area contributed by atoms with Crippen molar-refractivity contribution in [3.05, 3.63) is 73.1 Å². The van der Waals surface area contributed by atoms with Crippen molar-refractivity contribution in [2.24, 2.45) is 0 Å². The Morgan fingerprint density at radius 3 is 2.52 bits per heavy atom. The second-order valence-electron chi connectivity index (χ2n) is 6.08. The van der Waals surface area contributed by atoms with Crippen LogP contribution in [0.4, 0.5) is 0 Å². The van der Waals surface area contributed by atoms with Crippen LogP contribution in [0.5, 0.6) is 0 Å². The third-order valence-corrected chi connectivity index (χ3v) is 5.18. The molecular formula is C20H21N5OS. The molecule has 0 saturated heterocycles. The highest BCUT2D eigenvalue weighted by Crippen LogP contribution is 2.36. The quantitative estimate of drug-likeness (QED) is 0.465. The summed E-state index contributed by atoms with van der Waals surface area (Å²) in [5.41, 5.74) is 1.85. The number of aromatic nitrogens is 4. The molecule has 0 aliphatic carbocycles. The van der Waals surface area contributed by atoms with Crippen LogP contribution in [0.3, 0.4) is 0 Å². The first-order chi connectivity index (χ1) is 13.1. The summed E-state index contributed by atoms with van der Waals surface area (Å²) in [5.74, 6) is 0.730. The lowest BCUT2D eigenvalue weighted by molar-refractivity contribution is -0.128. The van der Waals surface area contributed by atoms with E-state index in [1.807, 2.05) is 47.0 Å². The number of allylic oxidation sites excluding steroid dienone is 1. The van der Waals surface area contributed by atoms with Gasteiger partial charge in [-0.1, -0.05) is 48.2 Å². The molecule has 27 heavy (non-hydrogen) atoms. The highest BCUT2D eigenvalue weighted by molar-refractivity contribution is 8.00. The third kappa shape index (κ3) is 4.25. The van der Waals surface area contributed by atoms with Crippen molar-refractivity contribution in [2.75, 3.05) is 14.1 Å². The van der Waals surface area contributed by atoms with Crippen LogP contribution in [0, 0.1) is 0 Å². The minimum atomic E-state index is -0.403. The van der Waals surface area contributed by atoms with Crippen LogP contribution in [0.25, 0.3) is 11.4 Å². The van der Waals surface area contributed by atoms with Crippen LogP contribution in [0.15, 0.2) is 72.7 Å². The summed E-state index contributed by atoms with van der Waals surface area (Å²) in [5, 5.41) is 8.97. The first kappa shape index (κ1) is 18.8. The van der Waals surface area contributed by atoms with Gasteiger partial charge in [-0.25, -0.2) is 0 Å². The van der Waals surface area contributed by atoms with Gasteiger partial charge in [0.1, 0.15) is 5.25 Å². The van der Waals surface area contributed by atoms with Crippen molar-refractivity contribution < 1.29 is 4.79 Å². The molecule has 138 valence electrons. The van der Waals surface area contributed by atoms with Crippen molar-refractivity contribution >= 4 is 17.7 Å². The summed E-state index contributed by atoms with van der Waals surface area (Å²) in [6.45, 7) is 4.39. The van der Waals surface area contributed by atoms with Crippen LogP contribution < -0.4 is 0 Å². The fourth-order valence-corrected chi connectivity index (χ4v) is 3.80. The smallest absolute Gasteiger partial charge is 0.240 e. The molecule has 2 aromatic heterocycles. The molecule has 0 spiro atoms. The number of thioether (sulfide) groups is 1. The molecule has 0 saturated carbocycles. The molecule has 0 N–H and O–H groups in total. The number of benzene rings is 1. The van der Waals surface area contributed by atoms with Gasteiger partial charge >= 0.3 is 0 Å². The van der Waals surface area contributed by atoms with Gasteiger partial charge in [-0.05, 0) is 17.7 Å². The number of rotatable bonds is 7. The van der Waals surface area contributed by atoms with Gasteiger partial charge in [-0.2, -0.15) is 0 Å². The van der Waals surface area contributed by atoms with E-state index in [9.17, 15) is 4.79 Å². The summed E-state index contributed by atoms with van der Waals surface area (Å²) >= 11 is 1.40. The van der Waals surface area contributed by atoms with Gasteiger partial charge in [0.15, 0.2) is 11.0 Å². The lowest BCUT2D eigenvalue weighted by atomic mass is 10.1. The molecule has 3 aromatic rings. The Bertz CT molecular complexity index is 909. The number of hydrogen-bond donors (Lipinski definition) is 0. The number of carbonyl (C=O) groups is 1. The molecule has 0 aliphatic rings. The number of nitrogens with zero attached hydrogens (tertiary/aromatic N) is 5. The van der Waals surface area contributed by atoms with Crippen LogP contribution >= 0.6 is 11.8 Å². The Morgan fingerprint density at radius 2 is 1.89 bits per heavy atom. The molecule has 0 aliphatic heterocycles. The normalized spacial score (nSPS) is 11.8.